The molecule has 2 heterocycles. The standard InChI is InChI=1S/C20H20FN3O3S2/c1-23(29(26,27)15-10-8-14(21)9-11-15)13-19(25)24-12-4-6-17(24)20-22-16-5-2-3-7-18(16)28-20/h2-3,5,7-11,17H,4,6,12-13H2,1H3. The highest BCUT2D eigenvalue weighted by molar-refractivity contribution is 7.89. The zero-order chi connectivity index (χ0) is 20.6. The molecule has 1 atom stereocenters. The Bertz CT molecular complexity index is 1110. The number of halogens is 1. The molecule has 9 heteroatoms. The van der Waals surface area contributed by atoms with Gasteiger partial charge in [-0.15, -0.1) is 11.3 Å². The van der Waals surface area contributed by atoms with Gasteiger partial charge in [0.25, 0.3) is 0 Å². The molecule has 0 saturated carbocycles. The zero-order valence-corrected chi connectivity index (χ0v) is 17.4. The van der Waals surface area contributed by atoms with Gasteiger partial charge in [0.05, 0.1) is 27.7 Å². The molecule has 6 nitrogen and oxygen atoms in total. The number of thiazole rings is 1. The third-order valence-electron chi connectivity index (χ3n) is 5.05. The number of para-hydroxylation sites is 1. The van der Waals surface area contributed by atoms with Gasteiger partial charge in [-0.05, 0) is 49.2 Å². The summed E-state index contributed by atoms with van der Waals surface area (Å²) in [7, 11) is -2.52. The van der Waals surface area contributed by atoms with Crippen LogP contribution in [0.25, 0.3) is 10.2 Å². The summed E-state index contributed by atoms with van der Waals surface area (Å²) in [4.78, 5) is 19.3. The summed E-state index contributed by atoms with van der Waals surface area (Å²) in [5.41, 5.74) is 0.905. The van der Waals surface area contributed by atoms with E-state index < -0.39 is 15.8 Å². The van der Waals surface area contributed by atoms with Gasteiger partial charge in [-0.25, -0.2) is 17.8 Å². The number of hydrogen-bond donors (Lipinski definition) is 0. The van der Waals surface area contributed by atoms with Crippen molar-refractivity contribution in [2.45, 2.75) is 23.8 Å². The molecule has 1 saturated heterocycles. The molecular weight excluding hydrogens is 413 g/mol. The molecular formula is C20H20FN3O3S2. The van der Waals surface area contributed by atoms with Gasteiger partial charge in [-0.1, -0.05) is 12.1 Å². The van der Waals surface area contributed by atoms with Crippen LogP contribution in [0.5, 0.6) is 0 Å². The lowest BCUT2D eigenvalue weighted by Crippen LogP contribution is -2.40. The van der Waals surface area contributed by atoms with Gasteiger partial charge in [0.2, 0.25) is 15.9 Å². The van der Waals surface area contributed by atoms with Crippen molar-refractivity contribution >= 4 is 37.5 Å². The van der Waals surface area contributed by atoms with Gasteiger partial charge >= 0.3 is 0 Å². The van der Waals surface area contributed by atoms with Crippen LogP contribution in [-0.4, -0.2) is 48.7 Å². The summed E-state index contributed by atoms with van der Waals surface area (Å²) in [5.74, 6) is -0.779. The fraction of sp³-hybridized carbons (Fsp3) is 0.300. The summed E-state index contributed by atoms with van der Waals surface area (Å²) in [6.07, 6.45) is 1.65. The highest BCUT2D eigenvalue weighted by atomic mass is 32.2. The fourth-order valence-corrected chi connectivity index (χ4v) is 5.74. The highest BCUT2D eigenvalue weighted by Crippen LogP contribution is 2.36. The van der Waals surface area contributed by atoms with Crippen molar-refractivity contribution in [3.8, 4) is 0 Å². The summed E-state index contributed by atoms with van der Waals surface area (Å²) in [6, 6.07) is 12.3. The smallest absolute Gasteiger partial charge is 0.243 e. The Labute approximate surface area is 172 Å². The molecule has 1 aliphatic rings. The maximum absolute atomic E-state index is 13.1. The number of benzene rings is 2. The third kappa shape index (κ3) is 3.90. The van der Waals surface area contributed by atoms with E-state index in [2.05, 4.69) is 4.98 Å². The van der Waals surface area contributed by atoms with Crippen LogP contribution in [0.2, 0.25) is 0 Å². The molecule has 1 fully saturated rings. The van der Waals surface area contributed by atoms with Crippen LogP contribution >= 0.6 is 11.3 Å². The van der Waals surface area contributed by atoms with Gasteiger partial charge in [-0.2, -0.15) is 4.31 Å². The Balaban J connectivity index is 1.51. The predicted molar refractivity (Wildman–Crippen MR) is 110 cm³/mol. The average Bonchev–Trinajstić information content (AvgIpc) is 3.34. The lowest BCUT2D eigenvalue weighted by molar-refractivity contribution is -0.132. The number of hydrogen-bond acceptors (Lipinski definition) is 5. The maximum atomic E-state index is 13.1. The topological polar surface area (TPSA) is 70.6 Å². The lowest BCUT2D eigenvalue weighted by atomic mass is 10.2. The van der Waals surface area contributed by atoms with E-state index in [0.29, 0.717) is 6.54 Å². The number of likely N-dealkylation sites (N-methyl/N-ethyl adjacent to an activating group) is 1. The molecule has 2 aromatic carbocycles. The Morgan fingerprint density at radius 2 is 1.97 bits per heavy atom. The van der Waals surface area contributed by atoms with E-state index in [0.717, 1.165) is 44.5 Å². The van der Waals surface area contributed by atoms with E-state index in [4.69, 9.17) is 0 Å². The average molecular weight is 434 g/mol. The van der Waals surface area contributed by atoms with E-state index in [9.17, 15) is 17.6 Å². The molecule has 1 aliphatic heterocycles. The number of carbonyl (C=O) groups is 1. The molecule has 0 spiro atoms. The molecule has 1 unspecified atom stereocenters. The second kappa shape index (κ2) is 7.81. The monoisotopic (exact) mass is 433 g/mol. The van der Waals surface area contributed by atoms with Crippen molar-refractivity contribution in [1.29, 1.82) is 0 Å². The summed E-state index contributed by atoms with van der Waals surface area (Å²) >= 11 is 1.57. The van der Waals surface area contributed by atoms with Crippen LogP contribution in [0.3, 0.4) is 0 Å². The molecule has 1 amide bonds. The minimum atomic E-state index is -3.88. The van der Waals surface area contributed by atoms with Crippen LogP contribution in [0.15, 0.2) is 53.4 Å². The number of fused-ring (bicyclic) bond motifs is 1. The van der Waals surface area contributed by atoms with Crippen LogP contribution < -0.4 is 0 Å². The second-order valence-electron chi connectivity index (χ2n) is 6.98. The van der Waals surface area contributed by atoms with Crippen molar-refractivity contribution in [3.05, 3.63) is 59.4 Å². The van der Waals surface area contributed by atoms with Gasteiger partial charge in [0.15, 0.2) is 0 Å². The normalized spacial score (nSPS) is 17.3. The number of amides is 1. The molecule has 1 aromatic heterocycles. The molecule has 4 rings (SSSR count). The van der Waals surface area contributed by atoms with E-state index in [1.165, 1.54) is 19.2 Å². The molecule has 0 bridgehead atoms. The molecule has 152 valence electrons. The molecule has 3 aromatic rings. The van der Waals surface area contributed by atoms with Gasteiger partial charge < -0.3 is 4.90 Å². The zero-order valence-electron chi connectivity index (χ0n) is 15.8. The first kappa shape index (κ1) is 19.9. The Morgan fingerprint density at radius 3 is 2.69 bits per heavy atom. The van der Waals surface area contributed by atoms with Crippen molar-refractivity contribution in [3.63, 3.8) is 0 Å². The minimum Gasteiger partial charge on any atom is -0.332 e. The number of carbonyl (C=O) groups excluding carboxylic acids is 1. The SMILES string of the molecule is CN(CC(=O)N1CCCC1c1nc2ccccc2s1)S(=O)(=O)c1ccc(F)cc1. The fourth-order valence-electron chi connectivity index (χ4n) is 3.51. The van der Waals surface area contributed by atoms with Crippen LogP contribution in [0.1, 0.15) is 23.9 Å². The third-order valence-corrected chi connectivity index (χ3v) is 8.00. The first-order valence-corrected chi connectivity index (χ1v) is 11.5. The Hall–Kier alpha value is -2.36. The summed E-state index contributed by atoms with van der Waals surface area (Å²) in [6.45, 7) is 0.297. The number of likely N-dealkylation sites (tertiary alicyclic amines) is 1. The minimum absolute atomic E-state index is 0.0432. The van der Waals surface area contributed by atoms with Gasteiger partial charge in [-0.3, -0.25) is 4.79 Å². The van der Waals surface area contributed by atoms with Crippen molar-refractivity contribution in [2.24, 2.45) is 0 Å². The molecule has 0 radical (unpaired) electrons. The van der Waals surface area contributed by atoms with E-state index >= 15 is 0 Å². The number of sulfonamides is 1. The van der Waals surface area contributed by atoms with E-state index in [1.807, 2.05) is 24.3 Å². The van der Waals surface area contributed by atoms with Crippen molar-refractivity contribution in [1.82, 2.24) is 14.2 Å². The van der Waals surface area contributed by atoms with Crippen molar-refractivity contribution in [2.75, 3.05) is 20.1 Å². The first-order valence-electron chi connectivity index (χ1n) is 9.23. The van der Waals surface area contributed by atoms with Gasteiger partial charge in [0, 0.05) is 13.6 Å². The molecule has 29 heavy (non-hydrogen) atoms. The predicted octanol–water partition coefficient (Wildman–Crippen LogP) is 3.42. The molecule has 0 N–H and O–H groups in total. The number of aromatic nitrogens is 1. The number of rotatable bonds is 5. The van der Waals surface area contributed by atoms with Crippen LogP contribution in [0, 0.1) is 5.82 Å². The second-order valence-corrected chi connectivity index (χ2v) is 10.1. The first-order chi connectivity index (χ1) is 13.9. The Kier molecular flexibility index (Phi) is 5.37. The summed E-state index contributed by atoms with van der Waals surface area (Å²) in [5, 5.41) is 0.876. The van der Waals surface area contributed by atoms with Crippen LogP contribution in [-0.2, 0) is 14.8 Å². The van der Waals surface area contributed by atoms with E-state index in [-0.39, 0.29) is 23.4 Å². The van der Waals surface area contributed by atoms with Crippen molar-refractivity contribution < 1.29 is 17.6 Å². The maximum Gasteiger partial charge on any atom is 0.243 e. The molecule has 0 aliphatic carbocycles. The summed E-state index contributed by atoms with van der Waals surface area (Å²) < 4.78 is 40.5. The highest BCUT2D eigenvalue weighted by Gasteiger charge is 2.34. The number of nitrogens with zero attached hydrogens (tertiary/aromatic N) is 3. The lowest BCUT2D eigenvalue weighted by Gasteiger charge is -2.25. The van der Waals surface area contributed by atoms with E-state index in [1.54, 1.807) is 16.2 Å². The van der Waals surface area contributed by atoms with Crippen LogP contribution in [0.4, 0.5) is 4.39 Å². The largest absolute Gasteiger partial charge is 0.332 e. The van der Waals surface area contributed by atoms with Gasteiger partial charge in [0.1, 0.15) is 10.8 Å². The Morgan fingerprint density at radius 1 is 1.24 bits per heavy atom. The quantitative estimate of drug-likeness (QED) is 0.618.